The third kappa shape index (κ3) is 5.23. The number of aromatic nitrogens is 2. The first-order valence-corrected chi connectivity index (χ1v) is 12.1. The minimum Gasteiger partial charge on any atom is -0.741 e. The van der Waals surface area contributed by atoms with Crippen molar-refractivity contribution in [1.82, 2.24) is 4.98 Å². The van der Waals surface area contributed by atoms with Crippen LogP contribution >= 0.6 is 22.7 Å². The molecule has 4 rings (SSSR count). The molecule has 0 atom stereocenters. The molecule has 0 fully saturated rings. The second-order valence-corrected chi connectivity index (χ2v) is 9.88. The van der Waals surface area contributed by atoms with Gasteiger partial charge < -0.3 is 9.87 Å². The van der Waals surface area contributed by atoms with Crippen LogP contribution in [0.2, 0.25) is 0 Å². The summed E-state index contributed by atoms with van der Waals surface area (Å²) in [5.74, 6) is -0.0627. The number of thiophene rings is 1. The quantitative estimate of drug-likeness (QED) is 0.252. The summed E-state index contributed by atoms with van der Waals surface area (Å²) in [6.45, 7) is 4.57. The summed E-state index contributed by atoms with van der Waals surface area (Å²) in [5.41, 5.74) is -3.63. The van der Waals surface area contributed by atoms with E-state index in [0.717, 1.165) is 42.4 Å². The molecule has 170 valence electrons. The normalized spacial score (nSPS) is 11.9. The number of benzene rings is 1. The molecule has 4 aromatic rings. The zero-order valence-corrected chi connectivity index (χ0v) is 19.1. The molecular weight excluding hydrogens is 487 g/mol. The third-order valence-corrected chi connectivity index (χ3v) is 6.81. The van der Waals surface area contributed by atoms with Crippen LogP contribution in [0.4, 0.5) is 18.2 Å². The summed E-state index contributed by atoms with van der Waals surface area (Å²) in [6.07, 6.45) is 4.20. The molecule has 7 nitrogen and oxygen atoms in total. The summed E-state index contributed by atoms with van der Waals surface area (Å²) in [5, 5.41) is 5.92. The molecule has 0 spiro atoms. The molecule has 0 aliphatic rings. The van der Waals surface area contributed by atoms with Crippen LogP contribution in [0.3, 0.4) is 0 Å². The van der Waals surface area contributed by atoms with Crippen LogP contribution in [0, 0.1) is 0 Å². The Labute approximate surface area is 188 Å². The van der Waals surface area contributed by atoms with Gasteiger partial charge in [0.15, 0.2) is 22.5 Å². The summed E-state index contributed by atoms with van der Waals surface area (Å²) in [6, 6.07) is 10.2. The van der Waals surface area contributed by atoms with Gasteiger partial charge in [-0.25, -0.2) is 18.0 Å². The number of carbonyl (C=O) groups is 1. The zero-order valence-electron chi connectivity index (χ0n) is 16.6. The number of thiazole rings is 1. The maximum absolute atomic E-state index is 11.6. The first-order chi connectivity index (χ1) is 14.9. The highest BCUT2D eigenvalue weighted by molar-refractivity contribution is 7.86. The number of amides is 1. The second-order valence-electron chi connectivity index (χ2n) is 6.43. The van der Waals surface area contributed by atoms with E-state index in [0.29, 0.717) is 0 Å². The van der Waals surface area contributed by atoms with Crippen molar-refractivity contribution in [2.45, 2.75) is 25.9 Å². The Kier molecular flexibility index (Phi) is 6.83. The molecule has 32 heavy (non-hydrogen) atoms. The molecule has 1 N–H and O–H groups in total. The van der Waals surface area contributed by atoms with Crippen molar-refractivity contribution < 1.29 is 35.5 Å². The summed E-state index contributed by atoms with van der Waals surface area (Å²) in [4.78, 5) is 16.4. The van der Waals surface area contributed by atoms with Crippen LogP contribution in [-0.2, 0) is 21.5 Å². The molecule has 1 amide bonds. The Morgan fingerprint density at radius 3 is 2.41 bits per heavy atom. The standard InChI is InChI=1S/C18H15N3OS2.CHF3O3S/c1-3-21-9-8-12-15(10-21)24-17(19-11(2)22)16(12)18-20-13-6-4-5-7-14(13)23-18;2-1(3,4)8(5,6)7/h4-10H,3H2,1-2H3;(H,5,6,7). The predicted molar refractivity (Wildman–Crippen MR) is 116 cm³/mol. The van der Waals surface area contributed by atoms with Gasteiger partial charge in [0.25, 0.3) is 0 Å². The van der Waals surface area contributed by atoms with Gasteiger partial charge in [-0.15, -0.1) is 22.7 Å². The molecule has 0 saturated heterocycles. The maximum Gasteiger partial charge on any atom is 0.485 e. The number of nitrogens with one attached hydrogen (secondary N) is 1. The maximum atomic E-state index is 11.6. The van der Waals surface area contributed by atoms with Crippen LogP contribution in [0.25, 0.3) is 30.9 Å². The molecule has 0 unspecified atom stereocenters. The van der Waals surface area contributed by atoms with Gasteiger partial charge in [-0.2, -0.15) is 13.2 Å². The summed E-state index contributed by atoms with van der Waals surface area (Å²) in [7, 11) is -6.09. The van der Waals surface area contributed by atoms with E-state index in [1.54, 1.807) is 29.6 Å². The first-order valence-electron chi connectivity index (χ1n) is 9.02. The van der Waals surface area contributed by atoms with Crippen molar-refractivity contribution in [3.63, 3.8) is 0 Å². The lowest BCUT2D eigenvalue weighted by Gasteiger charge is -2.08. The summed E-state index contributed by atoms with van der Waals surface area (Å²) < 4.78 is 63.3. The molecule has 3 aromatic heterocycles. The molecule has 3 heterocycles. The van der Waals surface area contributed by atoms with Gasteiger partial charge >= 0.3 is 5.51 Å². The van der Waals surface area contributed by atoms with E-state index in [1.165, 1.54) is 0 Å². The lowest BCUT2D eigenvalue weighted by molar-refractivity contribution is -0.692. The number of aryl methyl sites for hydroxylation is 1. The van der Waals surface area contributed by atoms with Gasteiger partial charge in [-0.05, 0) is 19.1 Å². The van der Waals surface area contributed by atoms with Gasteiger partial charge in [0.2, 0.25) is 5.91 Å². The van der Waals surface area contributed by atoms with Gasteiger partial charge in [0.05, 0.1) is 15.8 Å². The average molecular weight is 504 g/mol. The van der Waals surface area contributed by atoms with Crippen molar-refractivity contribution >= 4 is 64.0 Å². The number of hydrogen-bond donors (Lipinski definition) is 1. The minimum absolute atomic E-state index is 0.0627. The van der Waals surface area contributed by atoms with Crippen LogP contribution in [0.15, 0.2) is 42.7 Å². The summed E-state index contributed by atoms with van der Waals surface area (Å²) >= 11 is 3.26. The van der Waals surface area contributed by atoms with E-state index < -0.39 is 15.6 Å². The molecule has 0 bridgehead atoms. The van der Waals surface area contributed by atoms with Gasteiger partial charge in [0.1, 0.15) is 21.3 Å². The van der Waals surface area contributed by atoms with E-state index in [9.17, 15) is 18.0 Å². The SMILES string of the molecule is CC[n+]1ccc2c(-c3nc4ccccc4s3)c(NC(C)=O)sc2c1.O=S(=O)([O-])C(F)(F)F. The van der Waals surface area contributed by atoms with Crippen molar-refractivity contribution in [2.24, 2.45) is 0 Å². The van der Waals surface area contributed by atoms with Crippen LogP contribution in [0.1, 0.15) is 13.8 Å². The fraction of sp³-hybridized carbons (Fsp3) is 0.211. The number of pyridine rings is 1. The van der Waals surface area contributed by atoms with Gasteiger partial charge in [-0.3, -0.25) is 4.79 Å². The Hall–Kier alpha value is -2.61. The van der Waals surface area contributed by atoms with Crippen LogP contribution in [-0.4, -0.2) is 29.4 Å². The Bertz CT molecular complexity index is 1360. The van der Waals surface area contributed by atoms with Crippen molar-refractivity contribution in [3.8, 4) is 10.6 Å². The number of para-hydroxylation sites is 1. The highest BCUT2D eigenvalue weighted by Crippen LogP contribution is 2.44. The Morgan fingerprint density at radius 1 is 1.19 bits per heavy atom. The van der Waals surface area contributed by atoms with Crippen LogP contribution in [0.5, 0.6) is 0 Å². The fourth-order valence-electron chi connectivity index (χ4n) is 2.72. The van der Waals surface area contributed by atoms with E-state index in [2.05, 4.69) is 41.3 Å². The van der Waals surface area contributed by atoms with Crippen molar-refractivity contribution in [3.05, 3.63) is 42.7 Å². The number of alkyl halides is 3. The van der Waals surface area contributed by atoms with Crippen LogP contribution < -0.4 is 9.88 Å². The average Bonchev–Trinajstić information content (AvgIpc) is 3.25. The number of anilines is 1. The number of fused-ring (bicyclic) bond motifs is 2. The molecule has 13 heteroatoms. The zero-order chi connectivity index (χ0) is 23.7. The molecular formula is C19H16F3N3O4S3. The lowest BCUT2D eigenvalue weighted by Crippen LogP contribution is -2.30. The number of hydrogen-bond acceptors (Lipinski definition) is 7. The third-order valence-electron chi connectivity index (χ3n) is 4.14. The highest BCUT2D eigenvalue weighted by atomic mass is 32.2. The monoisotopic (exact) mass is 503 g/mol. The van der Waals surface area contributed by atoms with Gasteiger partial charge in [-0.1, -0.05) is 12.1 Å². The Morgan fingerprint density at radius 2 is 1.84 bits per heavy atom. The van der Waals surface area contributed by atoms with E-state index in [-0.39, 0.29) is 5.91 Å². The molecule has 0 aliphatic carbocycles. The van der Waals surface area contributed by atoms with Crippen molar-refractivity contribution in [1.29, 1.82) is 0 Å². The molecule has 0 saturated carbocycles. The van der Waals surface area contributed by atoms with E-state index in [1.807, 2.05) is 18.2 Å². The lowest BCUT2D eigenvalue weighted by atomic mass is 10.2. The first kappa shape index (κ1) is 24.0. The second kappa shape index (κ2) is 9.10. The minimum atomic E-state index is -6.09. The highest BCUT2D eigenvalue weighted by Gasteiger charge is 2.36. The fourth-order valence-corrected chi connectivity index (χ4v) is 5.01. The largest absolute Gasteiger partial charge is 0.741 e. The molecule has 0 radical (unpaired) electrons. The Balaban J connectivity index is 0.000000312. The van der Waals surface area contributed by atoms with Gasteiger partial charge in [0, 0.05) is 18.4 Å². The van der Waals surface area contributed by atoms with E-state index >= 15 is 0 Å². The molecule has 0 aliphatic heterocycles. The molecule has 1 aromatic carbocycles. The smallest absolute Gasteiger partial charge is 0.485 e. The number of rotatable bonds is 3. The number of carbonyl (C=O) groups excluding carboxylic acids is 1. The number of halogens is 3. The predicted octanol–water partition coefficient (Wildman–Crippen LogP) is 4.50. The topological polar surface area (TPSA) is 103 Å². The van der Waals surface area contributed by atoms with E-state index in [4.69, 9.17) is 18.0 Å². The van der Waals surface area contributed by atoms with Crippen molar-refractivity contribution in [2.75, 3.05) is 5.32 Å². The number of nitrogens with zero attached hydrogens (tertiary/aromatic N) is 2.